The van der Waals surface area contributed by atoms with E-state index in [0.717, 1.165) is 60.4 Å². The molecule has 152 valence electrons. The van der Waals surface area contributed by atoms with Crippen LogP contribution in [0.2, 0.25) is 0 Å². The second kappa shape index (κ2) is 8.38. The lowest BCUT2D eigenvalue weighted by Crippen LogP contribution is -2.39. The molecule has 3 aromatic rings. The maximum Gasteiger partial charge on any atom is 0.175 e. The first-order valence-corrected chi connectivity index (χ1v) is 9.75. The molecule has 1 N–H and O–H groups in total. The lowest BCUT2D eigenvalue weighted by atomic mass is 10.0. The van der Waals surface area contributed by atoms with Crippen molar-refractivity contribution in [3.63, 3.8) is 0 Å². The number of anilines is 2. The van der Waals surface area contributed by atoms with Gasteiger partial charge in [0.25, 0.3) is 0 Å². The Morgan fingerprint density at radius 2 is 1.59 bits per heavy atom. The highest BCUT2D eigenvalue weighted by Gasteiger charge is 2.21. The summed E-state index contributed by atoms with van der Waals surface area (Å²) in [6, 6.07) is 12.2. The zero-order valence-corrected chi connectivity index (χ0v) is 17.0. The van der Waals surface area contributed by atoms with Crippen LogP contribution in [0.1, 0.15) is 18.5 Å². The number of hydrogen-bond donors (Lipinski definition) is 1. The number of nitrogens with one attached hydrogen (secondary N) is 1. The zero-order valence-electron chi connectivity index (χ0n) is 17.0. The molecule has 0 spiro atoms. The van der Waals surface area contributed by atoms with Crippen molar-refractivity contribution in [3.05, 3.63) is 48.3 Å². The van der Waals surface area contributed by atoms with Gasteiger partial charge in [-0.2, -0.15) is 5.10 Å². The molecule has 8 heteroatoms. The van der Waals surface area contributed by atoms with E-state index < -0.39 is 0 Å². The topological polar surface area (TPSA) is 77.3 Å². The Morgan fingerprint density at radius 3 is 2.14 bits per heavy atom. The Labute approximate surface area is 170 Å². The molecule has 1 aliphatic heterocycles. The van der Waals surface area contributed by atoms with Gasteiger partial charge in [0.1, 0.15) is 11.5 Å². The molecule has 29 heavy (non-hydrogen) atoms. The van der Waals surface area contributed by atoms with Crippen LogP contribution in [0.5, 0.6) is 11.5 Å². The fourth-order valence-corrected chi connectivity index (χ4v) is 3.53. The second-order valence-electron chi connectivity index (χ2n) is 7.16. The lowest BCUT2D eigenvalue weighted by molar-refractivity contribution is 0.394. The highest BCUT2D eigenvalue weighted by Crippen LogP contribution is 2.28. The second-order valence-corrected chi connectivity index (χ2v) is 7.16. The van der Waals surface area contributed by atoms with E-state index in [9.17, 15) is 0 Å². The quantitative estimate of drug-likeness (QED) is 0.688. The van der Waals surface area contributed by atoms with Crippen molar-refractivity contribution in [2.45, 2.75) is 25.8 Å². The fraction of sp³-hybridized carbons (Fsp3) is 0.381. The molecule has 0 atom stereocenters. The average molecular weight is 394 g/mol. The summed E-state index contributed by atoms with van der Waals surface area (Å²) in [6.45, 7) is 3.80. The summed E-state index contributed by atoms with van der Waals surface area (Å²) < 4.78 is 12.5. The summed E-state index contributed by atoms with van der Waals surface area (Å²) in [5, 5.41) is 16.7. The Kier molecular flexibility index (Phi) is 5.50. The van der Waals surface area contributed by atoms with E-state index in [4.69, 9.17) is 9.47 Å². The molecule has 8 nitrogen and oxygen atoms in total. The van der Waals surface area contributed by atoms with Gasteiger partial charge in [0, 0.05) is 49.2 Å². The Hall–Kier alpha value is -3.29. The number of aryl methyl sites for hydroxylation is 1. The molecule has 0 amide bonds. The van der Waals surface area contributed by atoms with Gasteiger partial charge in [-0.15, -0.1) is 10.2 Å². The van der Waals surface area contributed by atoms with Gasteiger partial charge in [-0.1, -0.05) is 0 Å². The summed E-state index contributed by atoms with van der Waals surface area (Å²) >= 11 is 0. The van der Waals surface area contributed by atoms with Crippen LogP contribution in [-0.2, 0) is 0 Å². The highest BCUT2D eigenvalue weighted by molar-refractivity contribution is 5.54. The first-order valence-electron chi connectivity index (χ1n) is 9.75. The number of hydrogen-bond acceptors (Lipinski definition) is 7. The van der Waals surface area contributed by atoms with Crippen molar-refractivity contribution >= 4 is 11.5 Å². The van der Waals surface area contributed by atoms with Gasteiger partial charge >= 0.3 is 0 Å². The molecule has 0 saturated carbocycles. The standard InChI is InChI=1S/C21H26N6O2/c1-15-6-11-27(25-15)21-5-4-20(23-24-21)26-9-7-16(8-10-26)22-17-12-18(28-2)14-19(13-17)29-3/h4-6,11-14,16,22H,7-10H2,1-3H3. The first kappa shape index (κ1) is 19.0. The zero-order chi connectivity index (χ0) is 20.2. The molecule has 1 aliphatic rings. The number of piperidine rings is 1. The molecule has 0 bridgehead atoms. The fourth-order valence-electron chi connectivity index (χ4n) is 3.53. The van der Waals surface area contributed by atoms with E-state index in [0.29, 0.717) is 6.04 Å². The van der Waals surface area contributed by atoms with Gasteiger partial charge in [0.2, 0.25) is 0 Å². The van der Waals surface area contributed by atoms with E-state index in [1.54, 1.807) is 18.9 Å². The lowest BCUT2D eigenvalue weighted by Gasteiger charge is -2.33. The molecular weight excluding hydrogens is 368 g/mol. The van der Waals surface area contributed by atoms with E-state index in [-0.39, 0.29) is 0 Å². The minimum Gasteiger partial charge on any atom is -0.497 e. The van der Waals surface area contributed by atoms with Gasteiger partial charge in [-0.3, -0.25) is 0 Å². The average Bonchev–Trinajstić information content (AvgIpc) is 3.20. The minimum absolute atomic E-state index is 0.391. The van der Waals surface area contributed by atoms with Crippen LogP contribution in [0.25, 0.3) is 5.82 Å². The molecule has 1 aromatic carbocycles. The van der Waals surface area contributed by atoms with Gasteiger partial charge in [-0.05, 0) is 38.0 Å². The number of rotatable bonds is 6. The SMILES string of the molecule is COc1cc(NC2CCN(c3ccc(-n4ccc(C)n4)nn3)CC2)cc(OC)c1. The molecule has 0 radical (unpaired) electrons. The van der Waals surface area contributed by atoms with Gasteiger partial charge < -0.3 is 19.7 Å². The third kappa shape index (κ3) is 4.42. The Morgan fingerprint density at radius 1 is 0.931 bits per heavy atom. The van der Waals surface area contributed by atoms with Crippen LogP contribution in [0.15, 0.2) is 42.6 Å². The predicted molar refractivity (Wildman–Crippen MR) is 112 cm³/mol. The number of methoxy groups -OCH3 is 2. The van der Waals surface area contributed by atoms with E-state index in [1.807, 2.05) is 49.5 Å². The molecule has 1 fully saturated rings. The van der Waals surface area contributed by atoms with Crippen molar-refractivity contribution in [1.82, 2.24) is 20.0 Å². The Balaban J connectivity index is 1.36. The van der Waals surface area contributed by atoms with Gasteiger partial charge in [0.05, 0.1) is 19.9 Å². The summed E-state index contributed by atoms with van der Waals surface area (Å²) in [5.41, 5.74) is 1.97. The van der Waals surface area contributed by atoms with Crippen molar-refractivity contribution in [2.75, 3.05) is 37.5 Å². The van der Waals surface area contributed by atoms with Gasteiger partial charge in [0.15, 0.2) is 11.6 Å². The van der Waals surface area contributed by atoms with Crippen molar-refractivity contribution < 1.29 is 9.47 Å². The number of nitrogens with zero attached hydrogens (tertiary/aromatic N) is 5. The Bertz CT molecular complexity index is 926. The van der Waals surface area contributed by atoms with Crippen LogP contribution in [-0.4, -0.2) is 53.3 Å². The van der Waals surface area contributed by atoms with Crippen molar-refractivity contribution in [3.8, 4) is 17.3 Å². The molecular formula is C21H26N6O2. The predicted octanol–water partition coefficient (Wildman–Crippen LogP) is 3.07. The van der Waals surface area contributed by atoms with Crippen LogP contribution >= 0.6 is 0 Å². The maximum atomic E-state index is 5.35. The summed E-state index contributed by atoms with van der Waals surface area (Å²) in [7, 11) is 3.33. The maximum absolute atomic E-state index is 5.35. The smallest absolute Gasteiger partial charge is 0.175 e. The van der Waals surface area contributed by atoms with Gasteiger partial charge in [-0.25, -0.2) is 4.68 Å². The van der Waals surface area contributed by atoms with Crippen molar-refractivity contribution in [1.29, 1.82) is 0 Å². The molecule has 0 unspecified atom stereocenters. The monoisotopic (exact) mass is 394 g/mol. The number of ether oxygens (including phenoxy) is 2. The summed E-state index contributed by atoms with van der Waals surface area (Å²) in [5.74, 6) is 3.20. The molecule has 0 aliphatic carbocycles. The first-order chi connectivity index (χ1) is 14.1. The molecule has 3 heterocycles. The largest absolute Gasteiger partial charge is 0.497 e. The third-order valence-corrected chi connectivity index (χ3v) is 5.13. The molecule has 2 aromatic heterocycles. The van der Waals surface area contributed by atoms with E-state index >= 15 is 0 Å². The molecule has 4 rings (SSSR count). The van der Waals surface area contributed by atoms with Crippen LogP contribution in [0.3, 0.4) is 0 Å². The summed E-state index contributed by atoms with van der Waals surface area (Å²) in [4.78, 5) is 2.27. The summed E-state index contributed by atoms with van der Waals surface area (Å²) in [6.07, 6.45) is 3.92. The van der Waals surface area contributed by atoms with Crippen molar-refractivity contribution in [2.24, 2.45) is 0 Å². The van der Waals surface area contributed by atoms with E-state index in [1.165, 1.54) is 0 Å². The van der Waals surface area contributed by atoms with Crippen LogP contribution < -0.4 is 19.7 Å². The third-order valence-electron chi connectivity index (χ3n) is 5.13. The van der Waals surface area contributed by atoms with Crippen LogP contribution in [0.4, 0.5) is 11.5 Å². The highest BCUT2D eigenvalue weighted by atomic mass is 16.5. The van der Waals surface area contributed by atoms with E-state index in [2.05, 4.69) is 25.5 Å². The van der Waals surface area contributed by atoms with Crippen LogP contribution in [0, 0.1) is 6.92 Å². The normalized spacial score (nSPS) is 14.7. The number of aromatic nitrogens is 4. The minimum atomic E-state index is 0.391. The molecule has 1 saturated heterocycles. The number of benzene rings is 1.